The first-order valence-electron chi connectivity index (χ1n) is 5.94. The Morgan fingerprint density at radius 3 is 2.94 bits per heavy atom. The van der Waals surface area contributed by atoms with Crippen LogP contribution < -0.4 is 4.90 Å². The van der Waals surface area contributed by atoms with Gasteiger partial charge in [-0.2, -0.15) is 0 Å². The van der Waals surface area contributed by atoms with E-state index in [1.54, 1.807) is 11.1 Å². The topological polar surface area (TPSA) is 42.4 Å². The largest absolute Gasteiger partial charge is 0.443 e. The van der Waals surface area contributed by atoms with E-state index in [0.717, 1.165) is 5.56 Å². The predicted octanol–water partition coefficient (Wildman–Crippen LogP) is 3.16. The van der Waals surface area contributed by atoms with Gasteiger partial charge >= 0.3 is 6.09 Å². The standard InChI is InChI=1S/C13H17ClN2O2/c1-13(2,3)18-12(17)16-8-9(7-14)10-5-4-6-15-11(10)16/h4-6,9H,7-8H2,1-3H3. The first kappa shape index (κ1) is 13.1. The number of hydrogen-bond donors (Lipinski definition) is 0. The summed E-state index contributed by atoms with van der Waals surface area (Å²) in [6, 6.07) is 3.82. The van der Waals surface area contributed by atoms with E-state index in [4.69, 9.17) is 16.3 Å². The summed E-state index contributed by atoms with van der Waals surface area (Å²) in [5.74, 6) is 1.26. The molecule has 18 heavy (non-hydrogen) atoms. The van der Waals surface area contributed by atoms with E-state index in [-0.39, 0.29) is 12.0 Å². The number of rotatable bonds is 1. The molecule has 2 rings (SSSR count). The second kappa shape index (κ2) is 4.76. The molecule has 1 amide bonds. The molecular weight excluding hydrogens is 252 g/mol. The number of fused-ring (bicyclic) bond motifs is 1. The summed E-state index contributed by atoms with van der Waals surface area (Å²) in [6.07, 6.45) is 1.31. The zero-order valence-corrected chi connectivity index (χ0v) is 11.6. The average molecular weight is 269 g/mol. The normalized spacial score (nSPS) is 18.7. The highest BCUT2D eigenvalue weighted by Crippen LogP contribution is 2.35. The molecule has 0 N–H and O–H groups in total. The van der Waals surface area contributed by atoms with Crippen LogP contribution in [0.25, 0.3) is 0 Å². The molecule has 0 radical (unpaired) electrons. The van der Waals surface area contributed by atoms with Gasteiger partial charge in [0.15, 0.2) is 0 Å². The molecule has 1 aromatic heterocycles. The highest BCUT2D eigenvalue weighted by Gasteiger charge is 2.35. The van der Waals surface area contributed by atoms with Gasteiger partial charge in [-0.25, -0.2) is 9.78 Å². The zero-order chi connectivity index (χ0) is 13.3. The molecule has 0 aromatic carbocycles. The maximum absolute atomic E-state index is 12.1. The lowest BCUT2D eigenvalue weighted by Gasteiger charge is -2.24. The van der Waals surface area contributed by atoms with Crippen molar-refractivity contribution in [2.24, 2.45) is 0 Å². The predicted molar refractivity (Wildman–Crippen MR) is 71.3 cm³/mol. The first-order chi connectivity index (χ1) is 8.42. The summed E-state index contributed by atoms with van der Waals surface area (Å²) in [5.41, 5.74) is 0.504. The second-order valence-electron chi connectivity index (χ2n) is 5.36. The van der Waals surface area contributed by atoms with Crippen LogP contribution in [0.5, 0.6) is 0 Å². The van der Waals surface area contributed by atoms with Crippen molar-refractivity contribution in [1.82, 2.24) is 4.98 Å². The molecule has 1 unspecified atom stereocenters. The molecule has 5 heteroatoms. The van der Waals surface area contributed by atoms with Crippen molar-refractivity contribution in [1.29, 1.82) is 0 Å². The van der Waals surface area contributed by atoms with Gasteiger partial charge in [-0.05, 0) is 26.8 Å². The molecule has 1 atom stereocenters. The second-order valence-corrected chi connectivity index (χ2v) is 5.67. The molecule has 4 nitrogen and oxygen atoms in total. The number of carbonyl (C=O) groups excluding carboxylic acids is 1. The molecule has 0 aliphatic carbocycles. The summed E-state index contributed by atoms with van der Waals surface area (Å²) >= 11 is 5.93. The van der Waals surface area contributed by atoms with Crippen LogP contribution in [-0.4, -0.2) is 29.1 Å². The highest BCUT2D eigenvalue weighted by atomic mass is 35.5. The summed E-state index contributed by atoms with van der Waals surface area (Å²) in [4.78, 5) is 17.9. The third-order valence-corrected chi connectivity index (χ3v) is 3.09. The van der Waals surface area contributed by atoms with Crippen molar-refractivity contribution >= 4 is 23.5 Å². The van der Waals surface area contributed by atoms with Gasteiger partial charge in [-0.3, -0.25) is 4.90 Å². The smallest absolute Gasteiger partial charge is 0.416 e. The fraction of sp³-hybridized carbons (Fsp3) is 0.538. The van der Waals surface area contributed by atoms with Crippen molar-refractivity contribution < 1.29 is 9.53 Å². The van der Waals surface area contributed by atoms with Crippen LogP contribution in [0.1, 0.15) is 32.3 Å². The van der Waals surface area contributed by atoms with Crippen LogP contribution in [0.15, 0.2) is 18.3 Å². The molecular formula is C13H17ClN2O2. The van der Waals surface area contributed by atoms with Gasteiger partial charge in [-0.15, -0.1) is 11.6 Å². The quantitative estimate of drug-likeness (QED) is 0.735. The summed E-state index contributed by atoms with van der Waals surface area (Å²) in [5, 5.41) is 0. The number of carbonyl (C=O) groups is 1. The van der Waals surface area contributed by atoms with Gasteiger partial charge in [0.2, 0.25) is 0 Å². The van der Waals surface area contributed by atoms with Crippen LogP contribution in [-0.2, 0) is 4.74 Å². The van der Waals surface area contributed by atoms with E-state index >= 15 is 0 Å². The minimum Gasteiger partial charge on any atom is -0.443 e. The Labute approximate surface area is 112 Å². The minimum atomic E-state index is -0.509. The van der Waals surface area contributed by atoms with Gasteiger partial charge in [-0.1, -0.05) is 6.07 Å². The lowest BCUT2D eigenvalue weighted by molar-refractivity contribution is 0.0581. The third kappa shape index (κ3) is 2.58. The average Bonchev–Trinajstić information content (AvgIpc) is 2.65. The van der Waals surface area contributed by atoms with Crippen molar-refractivity contribution in [2.45, 2.75) is 32.3 Å². The van der Waals surface area contributed by atoms with Crippen LogP contribution in [0.4, 0.5) is 10.6 Å². The van der Waals surface area contributed by atoms with Gasteiger partial charge < -0.3 is 4.74 Å². The van der Waals surface area contributed by atoms with Crippen LogP contribution in [0.3, 0.4) is 0 Å². The van der Waals surface area contributed by atoms with Gasteiger partial charge in [0, 0.05) is 30.1 Å². The fourth-order valence-corrected chi connectivity index (χ4v) is 2.23. The van der Waals surface area contributed by atoms with Crippen molar-refractivity contribution in [3.63, 3.8) is 0 Å². The number of amides is 1. The summed E-state index contributed by atoms with van der Waals surface area (Å²) in [6.45, 7) is 6.07. The molecule has 0 saturated heterocycles. The molecule has 0 bridgehead atoms. The number of alkyl halides is 1. The van der Waals surface area contributed by atoms with Crippen molar-refractivity contribution in [2.75, 3.05) is 17.3 Å². The fourth-order valence-electron chi connectivity index (χ4n) is 1.97. The Morgan fingerprint density at radius 1 is 1.61 bits per heavy atom. The minimum absolute atomic E-state index is 0.128. The highest BCUT2D eigenvalue weighted by molar-refractivity contribution is 6.18. The summed E-state index contributed by atoms with van der Waals surface area (Å²) in [7, 11) is 0. The van der Waals surface area contributed by atoms with E-state index in [2.05, 4.69) is 4.98 Å². The molecule has 1 aliphatic heterocycles. The Balaban J connectivity index is 2.24. The summed E-state index contributed by atoms with van der Waals surface area (Å²) < 4.78 is 5.38. The molecule has 0 fully saturated rings. The Bertz CT molecular complexity index is 457. The number of nitrogens with zero attached hydrogens (tertiary/aromatic N) is 2. The van der Waals surface area contributed by atoms with Crippen molar-refractivity contribution in [3.8, 4) is 0 Å². The number of halogens is 1. The number of anilines is 1. The van der Waals surface area contributed by atoms with E-state index in [1.165, 1.54) is 0 Å². The monoisotopic (exact) mass is 268 g/mol. The number of pyridine rings is 1. The van der Waals surface area contributed by atoms with E-state index in [9.17, 15) is 4.79 Å². The Kier molecular flexibility index (Phi) is 3.48. The number of ether oxygens (including phenoxy) is 1. The zero-order valence-electron chi connectivity index (χ0n) is 10.8. The number of aromatic nitrogens is 1. The van der Waals surface area contributed by atoms with E-state index < -0.39 is 5.60 Å². The lowest BCUT2D eigenvalue weighted by atomic mass is 10.1. The van der Waals surface area contributed by atoms with Crippen LogP contribution in [0.2, 0.25) is 0 Å². The molecule has 0 saturated carbocycles. The molecule has 1 aliphatic rings. The van der Waals surface area contributed by atoms with Crippen molar-refractivity contribution in [3.05, 3.63) is 23.9 Å². The molecule has 0 spiro atoms. The van der Waals surface area contributed by atoms with E-state index in [1.807, 2.05) is 32.9 Å². The van der Waals surface area contributed by atoms with Gasteiger partial charge in [0.05, 0.1) is 0 Å². The number of hydrogen-bond acceptors (Lipinski definition) is 3. The first-order valence-corrected chi connectivity index (χ1v) is 6.47. The lowest BCUT2D eigenvalue weighted by Crippen LogP contribution is -2.36. The molecule has 2 heterocycles. The molecule has 1 aromatic rings. The van der Waals surface area contributed by atoms with Crippen LogP contribution >= 0.6 is 11.6 Å². The van der Waals surface area contributed by atoms with Crippen LogP contribution in [0, 0.1) is 0 Å². The Hall–Kier alpha value is -1.29. The maximum atomic E-state index is 12.1. The Morgan fingerprint density at radius 2 is 2.33 bits per heavy atom. The van der Waals surface area contributed by atoms with Gasteiger partial charge in [0.1, 0.15) is 11.4 Å². The third-order valence-electron chi connectivity index (χ3n) is 2.72. The van der Waals surface area contributed by atoms with Gasteiger partial charge in [0.25, 0.3) is 0 Å². The SMILES string of the molecule is CC(C)(C)OC(=O)N1CC(CCl)c2cccnc21. The van der Waals surface area contributed by atoms with E-state index in [0.29, 0.717) is 18.2 Å². The molecule has 98 valence electrons. The maximum Gasteiger partial charge on any atom is 0.416 e.